The predicted octanol–water partition coefficient (Wildman–Crippen LogP) is 2.43. The molecule has 5 heteroatoms. The first-order chi connectivity index (χ1) is 9.22. The van der Waals surface area contributed by atoms with E-state index in [0.29, 0.717) is 5.56 Å². The molecule has 1 N–H and O–H groups in total. The van der Waals surface area contributed by atoms with E-state index in [4.69, 9.17) is 9.84 Å². The van der Waals surface area contributed by atoms with Gasteiger partial charge in [-0.25, -0.2) is 4.79 Å². The van der Waals surface area contributed by atoms with Crippen molar-refractivity contribution in [3.05, 3.63) is 34.7 Å². The Bertz CT molecular complexity index is 602. The highest BCUT2D eigenvalue weighted by molar-refractivity contribution is 7.19. The number of aromatic carboxylic acids is 1. The van der Waals surface area contributed by atoms with Gasteiger partial charge in [0.2, 0.25) is 0 Å². The molecular formula is C14H15NO3S. The standard InChI is InChI=1S/C14H15NO3S/c16-14(17)10-1-2-13-11(7-10)8-12(19-13)9-15-3-5-18-6-4-15/h1-2,7-8H,3-6,9H2,(H,16,17). The number of fused-ring (bicyclic) bond motifs is 1. The Balaban J connectivity index is 1.82. The average molecular weight is 277 g/mol. The molecule has 1 aromatic heterocycles. The molecular weight excluding hydrogens is 262 g/mol. The third-order valence-corrected chi connectivity index (χ3v) is 4.40. The van der Waals surface area contributed by atoms with Crippen LogP contribution in [0.15, 0.2) is 24.3 Å². The molecule has 0 atom stereocenters. The van der Waals surface area contributed by atoms with Crippen molar-refractivity contribution in [3.63, 3.8) is 0 Å². The van der Waals surface area contributed by atoms with E-state index in [2.05, 4.69) is 11.0 Å². The molecule has 0 bridgehead atoms. The maximum atomic E-state index is 10.9. The van der Waals surface area contributed by atoms with Crippen molar-refractivity contribution in [1.82, 2.24) is 4.90 Å². The summed E-state index contributed by atoms with van der Waals surface area (Å²) >= 11 is 1.74. The number of rotatable bonds is 3. The summed E-state index contributed by atoms with van der Waals surface area (Å²) in [5, 5.41) is 10.0. The molecule has 1 aliphatic heterocycles. The fraction of sp³-hybridized carbons (Fsp3) is 0.357. The van der Waals surface area contributed by atoms with Gasteiger partial charge in [0, 0.05) is 29.2 Å². The maximum absolute atomic E-state index is 10.9. The number of ether oxygens (including phenoxy) is 1. The summed E-state index contributed by atoms with van der Waals surface area (Å²) in [5.74, 6) is -0.872. The van der Waals surface area contributed by atoms with E-state index >= 15 is 0 Å². The van der Waals surface area contributed by atoms with Gasteiger partial charge < -0.3 is 9.84 Å². The lowest BCUT2D eigenvalue weighted by Gasteiger charge is -2.25. The normalized spacial score (nSPS) is 16.8. The van der Waals surface area contributed by atoms with Crippen molar-refractivity contribution in [3.8, 4) is 0 Å². The quantitative estimate of drug-likeness (QED) is 0.936. The molecule has 1 saturated heterocycles. The van der Waals surface area contributed by atoms with Gasteiger partial charge in [-0.3, -0.25) is 4.90 Å². The highest BCUT2D eigenvalue weighted by atomic mass is 32.1. The maximum Gasteiger partial charge on any atom is 0.335 e. The van der Waals surface area contributed by atoms with Crippen molar-refractivity contribution >= 4 is 27.4 Å². The summed E-state index contributed by atoms with van der Waals surface area (Å²) in [7, 11) is 0. The Hall–Kier alpha value is -1.43. The Morgan fingerprint density at radius 1 is 1.32 bits per heavy atom. The number of carboxylic acids is 1. The zero-order valence-electron chi connectivity index (χ0n) is 10.5. The number of hydrogen-bond acceptors (Lipinski definition) is 4. The van der Waals surface area contributed by atoms with Crippen molar-refractivity contribution < 1.29 is 14.6 Å². The Morgan fingerprint density at radius 3 is 2.84 bits per heavy atom. The molecule has 0 amide bonds. The largest absolute Gasteiger partial charge is 0.478 e. The van der Waals surface area contributed by atoms with Crippen LogP contribution in [-0.4, -0.2) is 42.3 Å². The molecule has 0 saturated carbocycles. The minimum absolute atomic E-state index is 0.350. The molecule has 1 fully saturated rings. The van der Waals surface area contributed by atoms with Gasteiger partial charge in [0.05, 0.1) is 18.8 Å². The van der Waals surface area contributed by atoms with Crippen LogP contribution in [0.5, 0.6) is 0 Å². The highest BCUT2D eigenvalue weighted by Crippen LogP contribution is 2.27. The van der Waals surface area contributed by atoms with Crippen molar-refractivity contribution in [2.24, 2.45) is 0 Å². The smallest absolute Gasteiger partial charge is 0.335 e. The number of carboxylic acid groups (broad SMARTS) is 1. The van der Waals surface area contributed by atoms with Crippen molar-refractivity contribution in [1.29, 1.82) is 0 Å². The molecule has 100 valence electrons. The Kier molecular flexibility index (Phi) is 3.50. The lowest BCUT2D eigenvalue weighted by molar-refractivity contribution is 0.0346. The van der Waals surface area contributed by atoms with Crippen molar-refractivity contribution in [2.75, 3.05) is 26.3 Å². The molecule has 2 aromatic rings. The fourth-order valence-electron chi connectivity index (χ4n) is 2.29. The van der Waals surface area contributed by atoms with Crippen LogP contribution in [0, 0.1) is 0 Å². The van der Waals surface area contributed by atoms with E-state index in [1.54, 1.807) is 23.5 Å². The van der Waals surface area contributed by atoms with Crippen LogP contribution in [-0.2, 0) is 11.3 Å². The molecule has 0 radical (unpaired) electrons. The lowest BCUT2D eigenvalue weighted by atomic mass is 10.1. The monoisotopic (exact) mass is 277 g/mol. The van der Waals surface area contributed by atoms with Gasteiger partial charge in [0.25, 0.3) is 0 Å². The minimum Gasteiger partial charge on any atom is -0.478 e. The van der Waals surface area contributed by atoms with Crippen LogP contribution in [0.2, 0.25) is 0 Å². The molecule has 19 heavy (non-hydrogen) atoms. The summed E-state index contributed by atoms with van der Waals surface area (Å²) < 4.78 is 6.48. The second-order valence-electron chi connectivity index (χ2n) is 4.66. The SMILES string of the molecule is O=C(O)c1ccc2sc(CN3CCOCC3)cc2c1. The van der Waals surface area contributed by atoms with E-state index in [9.17, 15) is 4.79 Å². The van der Waals surface area contributed by atoms with Crippen LogP contribution in [0.25, 0.3) is 10.1 Å². The van der Waals surface area contributed by atoms with E-state index in [0.717, 1.165) is 42.9 Å². The first kappa shape index (κ1) is 12.6. The molecule has 0 spiro atoms. The second-order valence-corrected chi connectivity index (χ2v) is 5.83. The molecule has 4 nitrogen and oxygen atoms in total. The van der Waals surface area contributed by atoms with Gasteiger partial charge in [0.1, 0.15) is 0 Å². The van der Waals surface area contributed by atoms with Gasteiger partial charge in [-0.1, -0.05) is 0 Å². The zero-order chi connectivity index (χ0) is 13.2. The van der Waals surface area contributed by atoms with Gasteiger partial charge >= 0.3 is 5.97 Å². The number of carbonyl (C=O) groups is 1. The number of benzene rings is 1. The number of nitrogens with zero attached hydrogens (tertiary/aromatic N) is 1. The van der Waals surface area contributed by atoms with Crippen LogP contribution in [0.4, 0.5) is 0 Å². The number of morpholine rings is 1. The lowest BCUT2D eigenvalue weighted by Crippen LogP contribution is -2.35. The third kappa shape index (κ3) is 2.78. The van der Waals surface area contributed by atoms with Crippen molar-refractivity contribution in [2.45, 2.75) is 6.54 Å². The molecule has 0 aliphatic carbocycles. The van der Waals surface area contributed by atoms with E-state index in [1.165, 1.54) is 4.88 Å². The molecule has 2 heterocycles. The first-order valence-electron chi connectivity index (χ1n) is 6.28. The van der Waals surface area contributed by atoms with Gasteiger partial charge in [-0.05, 0) is 29.7 Å². The van der Waals surface area contributed by atoms with E-state index in [-0.39, 0.29) is 0 Å². The van der Waals surface area contributed by atoms with Crippen LogP contribution < -0.4 is 0 Å². The first-order valence-corrected chi connectivity index (χ1v) is 7.10. The highest BCUT2D eigenvalue weighted by Gasteiger charge is 2.13. The summed E-state index contributed by atoms with van der Waals surface area (Å²) in [6.45, 7) is 4.45. The summed E-state index contributed by atoms with van der Waals surface area (Å²) in [6, 6.07) is 7.41. The number of thiophene rings is 1. The van der Waals surface area contributed by atoms with Gasteiger partial charge in [-0.15, -0.1) is 11.3 Å². The number of hydrogen-bond donors (Lipinski definition) is 1. The molecule has 3 rings (SSSR count). The Labute approximate surface area is 115 Å². The Morgan fingerprint density at radius 2 is 2.11 bits per heavy atom. The van der Waals surface area contributed by atoms with Crippen LogP contribution in [0.3, 0.4) is 0 Å². The van der Waals surface area contributed by atoms with Gasteiger partial charge in [0.15, 0.2) is 0 Å². The third-order valence-electron chi connectivity index (χ3n) is 3.30. The second kappa shape index (κ2) is 5.28. The average Bonchev–Trinajstić information content (AvgIpc) is 2.80. The zero-order valence-corrected chi connectivity index (χ0v) is 11.3. The minimum atomic E-state index is -0.872. The molecule has 0 unspecified atom stereocenters. The van der Waals surface area contributed by atoms with E-state index < -0.39 is 5.97 Å². The summed E-state index contributed by atoms with van der Waals surface area (Å²) in [6.07, 6.45) is 0. The van der Waals surface area contributed by atoms with E-state index in [1.807, 2.05) is 6.07 Å². The van der Waals surface area contributed by atoms with Crippen LogP contribution in [0.1, 0.15) is 15.2 Å². The molecule has 1 aliphatic rings. The topological polar surface area (TPSA) is 49.8 Å². The molecule has 1 aromatic carbocycles. The fourth-order valence-corrected chi connectivity index (χ4v) is 3.38. The van der Waals surface area contributed by atoms with Crippen LogP contribution >= 0.6 is 11.3 Å². The summed E-state index contributed by atoms with van der Waals surface area (Å²) in [4.78, 5) is 14.6. The van der Waals surface area contributed by atoms with Gasteiger partial charge in [-0.2, -0.15) is 0 Å². The predicted molar refractivity (Wildman–Crippen MR) is 74.9 cm³/mol. The summed E-state index contributed by atoms with van der Waals surface area (Å²) in [5.41, 5.74) is 0.350.